The van der Waals surface area contributed by atoms with Crippen LogP contribution in [0.3, 0.4) is 0 Å². The van der Waals surface area contributed by atoms with Gasteiger partial charge in [0.25, 0.3) is 11.5 Å². The average molecular weight is 457 g/mol. The van der Waals surface area contributed by atoms with E-state index in [1.54, 1.807) is 12.1 Å². The summed E-state index contributed by atoms with van der Waals surface area (Å²) in [4.78, 5) is 28.9. The van der Waals surface area contributed by atoms with Gasteiger partial charge in [0.15, 0.2) is 6.10 Å². The van der Waals surface area contributed by atoms with Crippen LogP contribution in [0.2, 0.25) is 5.02 Å². The fraction of sp³-hybridized carbons (Fsp3) is 0.158. The average Bonchev–Trinajstić information content (AvgIpc) is 2.72. The third-order valence-electron chi connectivity index (χ3n) is 4.07. The van der Waals surface area contributed by atoms with E-state index in [0.29, 0.717) is 15.3 Å². The van der Waals surface area contributed by atoms with Crippen molar-refractivity contribution in [3.8, 4) is 16.9 Å². The van der Waals surface area contributed by atoms with E-state index < -0.39 is 41.7 Å². The monoisotopic (exact) mass is 456 g/mol. The van der Waals surface area contributed by atoms with E-state index in [0.717, 1.165) is 24.5 Å². The number of nitrogens with one attached hydrogen (secondary N) is 1. The molecule has 0 saturated carbocycles. The molecule has 0 fully saturated rings. The maximum atomic E-state index is 13.6. The first-order chi connectivity index (χ1) is 14.6. The maximum absolute atomic E-state index is 13.6. The molecule has 3 rings (SSSR count). The Morgan fingerprint density at radius 1 is 1.19 bits per heavy atom. The van der Waals surface area contributed by atoms with Crippen LogP contribution in [0.1, 0.15) is 10.4 Å². The molecule has 0 aliphatic carbocycles. The van der Waals surface area contributed by atoms with Crippen LogP contribution in [0, 0.1) is 5.82 Å². The Bertz CT molecular complexity index is 1170. The fourth-order valence-electron chi connectivity index (χ4n) is 2.51. The Labute approximate surface area is 176 Å². The van der Waals surface area contributed by atoms with E-state index in [4.69, 9.17) is 16.7 Å². The van der Waals surface area contributed by atoms with E-state index in [1.807, 2.05) is 5.32 Å². The molecular formula is C19H13ClF4N4O3. The fourth-order valence-corrected chi connectivity index (χ4v) is 2.64. The smallest absolute Gasteiger partial charge is 0.382 e. The number of amides is 1. The summed E-state index contributed by atoms with van der Waals surface area (Å²) in [6, 6.07) is 8.15. The van der Waals surface area contributed by atoms with Crippen LogP contribution >= 0.6 is 11.6 Å². The highest BCUT2D eigenvalue weighted by atomic mass is 35.5. The minimum Gasteiger partial charge on any atom is -0.382 e. The van der Waals surface area contributed by atoms with Gasteiger partial charge in [0.2, 0.25) is 0 Å². The van der Waals surface area contributed by atoms with Gasteiger partial charge < -0.3 is 10.4 Å². The molecule has 31 heavy (non-hydrogen) atoms. The molecule has 0 bridgehead atoms. The molecule has 0 spiro atoms. The molecular weight excluding hydrogens is 444 g/mol. The molecule has 0 radical (unpaired) electrons. The number of benzene rings is 1. The predicted molar refractivity (Wildman–Crippen MR) is 102 cm³/mol. The van der Waals surface area contributed by atoms with Crippen molar-refractivity contribution < 1.29 is 27.5 Å². The van der Waals surface area contributed by atoms with Crippen molar-refractivity contribution in [1.29, 1.82) is 0 Å². The number of alkyl halides is 3. The number of pyridine rings is 1. The maximum Gasteiger partial charge on any atom is 0.416 e. The molecule has 2 heterocycles. The summed E-state index contributed by atoms with van der Waals surface area (Å²) in [7, 11) is 0. The largest absolute Gasteiger partial charge is 0.416 e. The van der Waals surface area contributed by atoms with Gasteiger partial charge in [-0.1, -0.05) is 23.7 Å². The number of hydrogen-bond acceptors (Lipinski definition) is 5. The van der Waals surface area contributed by atoms with E-state index in [2.05, 4.69) is 10.1 Å². The van der Waals surface area contributed by atoms with Crippen LogP contribution in [0.5, 0.6) is 0 Å². The molecule has 2 aromatic heterocycles. The number of rotatable bonds is 5. The predicted octanol–water partition coefficient (Wildman–Crippen LogP) is 2.74. The molecule has 162 valence electrons. The summed E-state index contributed by atoms with van der Waals surface area (Å²) in [5, 5.41) is 15.5. The van der Waals surface area contributed by atoms with Gasteiger partial charge >= 0.3 is 6.18 Å². The van der Waals surface area contributed by atoms with Gasteiger partial charge in [-0.2, -0.15) is 23.0 Å². The van der Waals surface area contributed by atoms with E-state index in [1.165, 1.54) is 12.1 Å². The molecule has 12 heteroatoms. The highest BCUT2D eigenvalue weighted by molar-refractivity contribution is 6.30. The minimum absolute atomic E-state index is 0.0852. The molecule has 1 amide bonds. The molecule has 0 saturated heterocycles. The number of hydrogen-bond donors (Lipinski definition) is 2. The van der Waals surface area contributed by atoms with Gasteiger partial charge in [-0.05, 0) is 18.2 Å². The number of carbonyl (C=O) groups is 1. The summed E-state index contributed by atoms with van der Waals surface area (Å²) in [5.74, 6) is -1.95. The Morgan fingerprint density at radius 2 is 1.87 bits per heavy atom. The van der Waals surface area contributed by atoms with Gasteiger partial charge in [-0.15, -0.1) is 0 Å². The SMILES string of the molecule is O=C(NC[C@H](O)C(F)(F)F)c1cc(-c2ccc(Cl)cc2)nn(-c2cncc(F)c2)c1=O. The van der Waals surface area contributed by atoms with Crippen molar-refractivity contribution in [3.05, 3.63) is 75.5 Å². The van der Waals surface area contributed by atoms with Gasteiger partial charge in [-0.3, -0.25) is 14.6 Å². The van der Waals surface area contributed by atoms with E-state index in [-0.39, 0.29) is 11.4 Å². The second kappa shape index (κ2) is 8.82. The van der Waals surface area contributed by atoms with Crippen LogP contribution in [0.25, 0.3) is 16.9 Å². The molecule has 0 unspecified atom stereocenters. The van der Waals surface area contributed by atoms with Crippen LogP contribution in [-0.4, -0.2) is 44.6 Å². The molecule has 0 aliphatic heterocycles. The molecule has 1 aromatic carbocycles. The zero-order chi connectivity index (χ0) is 22.8. The normalized spacial score (nSPS) is 12.5. The molecule has 7 nitrogen and oxygen atoms in total. The van der Waals surface area contributed by atoms with E-state index >= 15 is 0 Å². The Morgan fingerprint density at radius 3 is 2.48 bits per heavy atom. The van der Waals surface area contributed by atoms with Crippen molar-refractivity contribution in [3.63, 3.8) is 0 Å². The lowest BCUT2D eigenvalue weighted by molar-refractivity contribution is -0.201. The third kappa shape index (κ3) is 5.25. The minimum atomic E-state index is -4.95. The molecule has 1 atom stereocenters. The lowest BCUT2D eigenvalue weighted by Crippen LogP contribution is -2.42. The summed E-state index contributed by atoms with van der Waals surface area (Å²) in [5.41, 5.74) is -1.19. The van der Waals surface area contributed by atoms with Gasteiger partial charge in [0.05, 0.1) is 30.3 Å². The lowest BCUT2D eigenvalue weighted by atomic mass is 10.1. The number of aromatic nitrogens is 3. The zero-order valence-electron chi connectivity index (χ0n) is 15.4. The Balaban J connectivity index is 2.08. The number of carbonyl (C=O) groups excluding carboxylic acids is 1. The third-order valence-corrected chi connectivity index (χ3v) is 4.32. The molecule has 0 aliphatic rings. The zero-order valence-corrected chi connectivity index (χ0v) is 16.2. The number of aliphatic hydroxyl groups is 1. The Hall–Kier alpha value is -3.31. The first-order valence-electron chi connectivity index (χ1n) is 8.60. The highest BCUT2D eigenvalue weighted by Crippen LogP contribution is 2.21. The van der Waals surface area contributed by atoms with Crippen molar-refractivity contribution >= 4 is 17.5 Å². The standard InChI is InChI=1S/C19H13ClF4N4O3/c20-11-3-1-10(2-4-11)15-6-14(17(30)26-9-16(29)19(22,23)24)18(31)28(27-15)13-5-12(21)7-25-8-13/h1-8,16,29H,9H2,(H,26,30)/t16-/m0/s1. The van der Waals surface area contributed by atoms with Crippen LogP contribution in [-0.2, 0) is 0 Å². The summed E-state index contributed by atoms with van der Waals surface area (Å²) < 4.78 is 51.8. The highest BCUT2D eigenvalue weighted by Gasteiger charge is 2.38. The lowest BCUT2D eigenvalue weighted by Gasteiger charge is -2.15. The van der Waals surface area contributed by atoms with Crippen LogP contribution < -0.4 is 10.9 Å². The molecule has 2 N–H and O–H groups in total. The topological polar surface area (TPSA) is 97.1 Å². The Kier molecular flexibility index (Phi) is 6.37. The number of nitrogens with zero attached hydrogens (tertiary/aromatic N) is 3. The summed E-state index contributed by atoms with van der Waals surface area (Å²) >= 11 is 5.85. The first-order valence-corrected chi connectivity index (χ1v) is 8.98. The van der Waals surface area contributed by atoms with Gasteiger partial charge in [0, 0.05) is 16.7 Å². The summed E-state index contributed by atoms with van der Waals surface area (Å²) in [6.45, 7) is -1.16. The van der Waals surface area contributed by atoms with Gasteiger partial charge in [-0.25, -0.2) is 4.39 Å². The van der Waals surface area contributed by atoms with Crippen LogP contribution in [0.4, 0.5) is 17.6 Å². The summed E-state index contributed by atoms with van der Waals surface area (Å²) in [6.07, 6.45) is -5.75. The van der Waals surface area contributed by atoms with Crippen molar-refractivity contribution in [1.82, 2.24) is 20.1 Å². The van der Waals surface area contributed by atoms with E-state index in [9.17, 15) is 27.2 Å². The van der Waals surface area contributed by atoms with Gasteiger partial charge in [0.1, 0.15) is 11.4 Å². The first kappa shape index (κ1) is 22.4. The van der Waals surface area contributed by atoms with Crippen molar-refractivity contribution in [2.45, 2.75) is 12.3 Å². The second-order valence-corrected chi connectivity index (χ2v) is 6.73. The van der Waals surface area contributed by atoms with Crippen molar-refractivity contribution in [2.75, 3.05) is 6.54 Å². The molecule has 3 aromatic rings. The second-order valence-electron chi connectivity index (χ2n) is 6.30. The quantitative estimate of drug-likeness (QED) is 0.575. The number of aliphatic hydroxyl groups excluding tert-OH is 1. The number of halogens is 5. The van der Waals surface area contributed by atoms with Crippen molar-refractivity contribution in [2.24, 2.45) is 0 Å². The van der Waals surface area contributed by atoms with Crippen LogP contribution in [0.15, 0.2) is 53.6 Å².